The maximum atomic E-state index is 11.9. The first kappa shape index (κ1) is 9.90. The zero-order valence-electron chi connectivity index (χ0n) is 8.43. The van der Waals surface area contributed by atoms with Crippen molar-refractivity contribution in [3.05, 3.63) is 35.4 Å². The Hall–Kier alpha value is -1.64. The van der Waals surface area contributed by atoms with Gasteiger partial charge in [0, 0.05) is 11.5 Å². The minimum Gasteiger partial charge on any atom is -0.481 e. The van der Waals surface area contributed by atoms with Crippen LogP contribution in [0.4, 0.5) is 0 Å². The normalized spacial score (nSPS) is 24.7. The van der Waals surface area contributed by atoms with E-state index in [2.05, 4.69) is 0 Å². The molecular weight excluding hydrogens is 192 g/mol. The summed E-state index contributed by atoms with van der Waals surface area (Å²) in [6, 6.07) is 7.24. The standard InChI is InChI=1S/C12H12O3/c1-7-10(12(14)15)6-8-4-2-3-5-9(8)11(7)13/h2-5,7,10H,6H2,1H3,(H,14,15)/t7-,10+/m0/s1. The summed E-state index contributed by atoms with van der Waals surface area (Å²) < 4.78 is 0. The molecule has 78 valence electrons. The van der Waals surface area contributed by atoms with Crippen molar-refractivity contribution in [3.8, 4) is 0 Å². The Morgan fingerprint density at radius 1 is 1.40 bits per heavy atom. The monoisotopic (exact) mass is 204 g/mol. The molecule has 1 aromatic carbocycles. The van der Waals surface area contributed by atoms with Gasteiger partial charge in [-0.2, -0.15) is 0 Å². The van der Waals surface area contributed by atoms with E-state index < -0.39 is 17.8 Å². The van der Waals surface area contributed by atoms with Crippen LogP contribution in [0.5, 0.6) is 0 Å². The Balaban J connectivity index is 2.45. The van der Waals surface area contributed by atoms with Crippen molar-refractivity contribution in [1.82, 2.24) is 0 Å². The Bertz CT molecular complexity index is 423. The van der Waals surface area contributed by atoms with Gasteiger partial charge < -0.3 is 5.11 Å². The summed E-state index contributed by atoms with van der Waals surface area (Å²) in [7, 11) is 0. The molecule has 1 N–H and O–H groups in total. The number of hydrogen-bond acceptors (Lipinski definition) is 2. The van der Waals surface area contributed by atoms with Gasteiger partial charge in [0.2, 0.25) is 0 Å². The lowest BCUT2D eigenvalue weighted by atomic mass is 9.76. The highest BCUT2D eigenvalue weighted by Gasteiger charge is 2.36. The number of carbonyl (C=O) groups excluding carboxylic acids is 1. The van der Waals surface area contributed by atoms with Crippen LogP contribution in [0.2, 0.25) is 0 Å². The van der Waals surface area contributed by atoms with Crippen LogP contribution in [-0.2, 0) is 11.2 Å². The van der Waals surface area contributed by atoms with Crippen molar-refractivity contribution in [3.63, 3.8) is 0 Å². The number of hydrogen-bond donors (Lipinski definition) is 1. The van der Waals surface area contributed by atoms with Crippen LogP contribution in [-0.4, -0.2) is 16.9 Å². The van der Waals surface area contributed by atoms with Gasteiger partial charge in [-0.3, -0.25) is 9.59 Å². The first-order valence-corrected chi connectivity index (χ1v) is 4.96. The summed E-state index contributed by atoms with van der Waals surface area (Å²) in [5.74, 6) is -1.93. The fraction of sp³-hybridized carbons (Fsp3) is 0.333. The number of aliphatic carboxylic acids is 1. The molecule has 2 atom stereocenters. The van der Waals surface area contributed by atoms with Gasteiger partial charge in [-0.15, -0.1) is 0 Å². The highest BCUT2D eigenvalue weighted by atomic mass is 16.4. The largest absolute Gasteiger partial charge is 0.481 e. The van der Waals surface area contributed by atoms with E-state index in [1.807, 2.05) is 18.2 Å². The second-order valence-electron chi connectivity index (χ2n) is 3.96. The van der Waals surface area contributed by atoms with Crippen LogP contribution < -0.4 is 0 Å². The van der Waals surface area contributed by atoms with Crippen LogP contribution in [0.25, 0.3) is 0 Å². The van der Waals surface area contributed by atoms with E-state index in [0.717, 1.165) is 5.56 Å². The first-order chi connectivity index (χ1) is 7.11. The summed E-state index contributed by atoms with van der Waals surface area (Å²) in [5, 5.41) is 9.00. The van der Waals surface area contributed by atoms with Crippen LogP contribution >= 0.6 is 0 Å². The molecule has 0 saturated heterocycles. The zero-order chi connectivity index (χ0) is 11.0. The predicted octanol–water partition coefficient (Wildman–Crippen LogP) is 1.76. The van der Waals surface area contributed by atoms with Crippen LogP contribution in [0, 0.1) is 11.8 Å². The van der Waals surface area contributed by atoms with Gasteiger partial charge in [0.1, 0.15) is 0 Å². The van der Waals surface area contributed by atoms with Crippen molar-refractivity contribution in [1.29, 1.82) is 0 Å². The number of carboxylic acid groups (broad SMARTS) is 1. The number of carboxylic acids is 1. The topological polar surface area (TPSA) is 54.4 Å². The van der Waals surface area contributed by atoms with Crippen molar-refractivity contribution in [2.24, 2.45) is 11.8 Å². The fourth-order valence-electron chi connectivity index (χ4n) is 2.08. The van der Waals surface area contributed by atoms with Crippen molar-refractivity contribution in [2.75, 3.05) is 0 Å². The molecule has 3 heteroatoms. The second kappa shape index (κ2) is 3.50. The maximum absolute atomic E-state index is 11.9. The van der Waals surface area contributed by atoms with E-state index in [1.54, 1.807) is 13.0 Å². The molecule has 3 nitrogen and oxygen atoms in total. The molecule has 0 aliphatic heterocycles. The molecule has 0 aromatic heterocycles. The molecule has 0 heterocycles. The smallest absolute Gasteiger partial charge is 0.307 e. The van der Waals surface area contributed by atoms with Crippen LogP contribution in [0.15, 0.2) is 24.3 Å². The molecule has 15 heavy (non-hydrogen) atoms. The molecule has 1 aliphatic rings. The molecule has 1 aromatic rings. The number of rotatable bonds is 1. The van der Waals surface area contributed by atoms with E-state index >= 15 is 0 Å². The molecule has 0 fully saturated rings. The SMILES string of the molecule is C[C@@H]1C(=O)c2ccccc2C[C@H]1C(=O)O. The number of Topliss-reactive ketones (excluding diaryl/α,β-unsaturated/α-hetero) is 1. The van der Waals surface area contributed by atoms with Gasteiger partial charge in [0.25, 0.3) is 0 Å². The van der Waals surface area contributed by atoms with Gasteiger partial charge in [0.05, 0.1) is 5.92 Å². The van der Waals surface area contributed by atoms with Crippen LogP contribution in [0.1, 0.15) is 22.8 Å². The summed E-state index contributed by atoms with van der Waals surface area (Å²) in [4.78, 5) is 22.8. The molecule has 0 spiro atoms. The summed E-state index contributed by atoms with van der Waals surface area (Å²) in [6.07, 6.45) is 0.457. The second-order valence-corrected chi connectivity index (χ2v) is 3.96. The number of fused-ring (bicyclic) bond motifs is 1. The van der Waals surface area contributed by atoms with Gasteiger partial charge in [0.15, 0.2) is 5.78 Å². The summed E-state index contributed by atoms with van der Waals surface area (Å²) >= 11 is 0. The molecule has 0 radical (unpaired) electrons. The Labute approximate surface area is 87.7 Å². The third kappa shape index (κ3) is 1.54. The summed E-state index contributed by atoms with van der Waals surface area (Å²) in [6.45, 7) is 1.69. The lowest BCUT2D eigenvalue weighted by molar-refractivity contribution is -0.143. The van der Waals surface area contributed by atoms with Crippen molar-refractivity contribution in [2.45, 2.75) is 13.3 Å². The number of benzene rings is 1. The minimum absolute atomic E-state index is 0.0516. The highest BCUT2D eigenvalue weighted by Crippen LogP contribution is 2.29. The Kier molecular flexibility index (Phi) is 2.31. The molecule has 0 amide bonds. The van der Waals surface area contributed by atoms with E-state index in [4.69, 9.17) is 5.11 Å². The van der Waals surface area contributed by atoms with Gasteiger partial charge in [-0.25, -0.2) is 0 Å². The predicted molar refractivity (Wildman–Crippen MR) is 54.8 cm³/mol. The number of ketones is 1. The molecule has 2 rings (SSSR count). The van der Waals surface area contributed by atoms with Gasteiger partial charge in [-0.1, -0.05) is 31.2 Å². The van der Waals surface area contributed by atoms with E-state index in [0.29, 0.717) is 12.0 Å². The van der Waals surface area contributed by atoms with E-state index in [-0.39, 0.29) is 5.78 Å². The van der Waals surface area contributed by atoms with Gasteiger partial charge >= 0.3 is 5.97 Å². The molecule has 0 saturated carbocycles. The van der Waals surface area contributed by atoms with E-state index in [1.165, 1.54) is 0 Å². The maximum Gasteiger partial charge on any atom is 0.307 e. The number of carbonyl (C=O) groups is 2. The third-order valence-corrected chi connectivity index (χ3v) is 3.06. The Morgan fingerprint density at radius 2 is 2.07 bits per heavy atom. The lowest BCUT2D eigenvalue weighted by Crippen LogP contribution is -2.34. The molecular formula is C12H12O3. The fourth-order valence-corrected chi connectivity index (χ4v) is 2.08. The molecule has 0 bridgehead atoms. The first-order valence-electron chi connectivity index (χ1n) is 4.96. The quantitative estimate of drug-likeness (QED) is 0.758. The lowest BCUT2D eigenvalue weighted by Gasteiger charge is -2.26. The Morgan fingerprint density at radius 3 is 2.73 bits per heavy atom. The zero-order valence-corrected chi connectivity index (χ0v) is 8.43. The minimum atomic E-state index is -0.884. The van der Waals surface area contributed by atoms with Crippen molar-refractivity contribution < 1.29 is 14.7 Å². The van der Waals surface area contributed by atoms with E-state index in [9.17, 15) is 9.59 Å². The highest BCUT2D eigenvalue weighted by molar-refractivity contribution is 6.02. The molecule has 0 unspecified atom stereocenters. The van der Waals surface area contributed by atoms with Crippen LogP contribution in [0.3, 0.4) is 0 Å². The van der Waals surface area contributed by atoms with Crippen molar-refractivity contribution >= 4 is 11.8 Å². The molecule has 1 aliphatic carbocycles. The third-order valence-electron chi connectivity index (χ3n) is 3.06. The average Bonchev–Trinajstić information content (AvgIpc) is 2.23. The van der Waals surface area contributed by atoms with Gasteiger partial charge in [-0.05, 0) is 12.0 Å². The summed E-state index contributed by atoms with van der Waals surface area (Å²) in [5.41, 5.74) is 1.54. The average molecular weight is 204 g/mol.